The Morgan fingerprint density at radius 3 is 2.88 bits per heavy atom. The lowest BCUT2D eigenvalue weighted by Gasteiger charge is -2.06. The Morgan fingerprint density at radius 1 is 1.47 bits per heavy atom. The summed E-state index contributed by atoms with van der Waals surface area (Å²) in [4.78, 5) is 25.2. The highest BCUT2D eigenvalue weighted by Crippen LogP contribution is 2.09. The van der Waals surface area contributed by atoms with Gasteiger partial charge in [0.05, 0.1) is 12.2 Å². The second-order valence-corrected chi connectivity index (χ2v) is 3.04. The number of aromatic nitrogens is 1. The molecule has 0 aromatic carbocycles. The Bertz CT molecular complexity index is 467. The van der Waals surface area contributed by atoms with Crippen LogP contribution in [-0.2, 0) is 9.59 Å². The number of hydrogen-bond donors (Lipinski definition) is 3. The van der Waals surface area contributed by atoms with E-state index < -0.39 is 18.4 Å². The molecule has 0 atom stereocenters. The fourth-order valence-corrected chi connectivity index (χ4v) is 1.05. The zero-order chi connectivity index (χ0) is 12.7. The van der Waals surface area contributed by atoms with Crippen LogP contribution in [0.4, 0.5) is 5.69 Å². The van der Waals surface area contributed by atoms with E-state index in [4.69, 9.17) is 10.4 Å². The fourth-order valence-electron chi connectivity index (χ4n) is 1.05. The van der Waals surface area contributed by atoms with E-state index in [0.717, 1.165) is 0 Å². The summed E-state index contributed by atoms with van der Waals surface area (Å²) in [5.74, 6) is -1.59. The Kier molecular flexibility index (Phi) is 4.45. The highest BCUT2D eigenvalue weighted by atomic mass is 16.4. The van der Waals surface area contributed by atoms with E-state index in [1.54, 1.807) is 12.1 Å². The Hall–Kier alpha value is -2.62. The number of pyridine rings is 1. The monoisotopic (exact) mass is 234 g/mol. The standard InChI is InChI=1S/C10H10N4O3/c11-4-8-7(2-1-3-12-8)13-5-9(15)14-6-10(16)17/h1-3,13H,5-6H2,(H,14,15)(H,16,17). The zero-order valence-corrected chi connectivity index (χ0v) is 8.80. The van der Waals surface area contributed by atoms with Gasteiger partial charge in [-0.15, -0.1) is 0 Å². The lowest BCUT2D eigenvalue weighted by molar-refractivity contribution is -0.137. The summed E-state index contributed by atoms with van der Waals surface area (Å²) in [6.07, 6.45) is 1.47. The molecule has 0 aliphatic heterocycles. The van der Waals surface area contributed by atoms with Crippen LogP contribution in [0.5, 0.6) is 0 Å². The van der Waals surface area contributed by atoms with Crippen molar-refractivity contribution < 1.29 is 14.7 Å². The van der Waals surface area contributed by atoms with Gasteiger partial charge >= 0.3 is 5.97 Å². The Morgan fingerprint density at radius 2 is 2.24 bits per heavy atom. The molecule has 17 heavy (non-hydrogen) atoms. The minimum atomic E-state index is -1.11. The maximum absolute atomic E-state index is 11.2. The predicted molar refractivity (Wildman–Crippen MR) is 58.1 cm³/mol. The molecular weight excluding hydrogens is 224 g/mol. The number of rotatable bonds is 5. The third kappa shape index (κ3) is 4.17. The van der Waals surface area contributed by atoms with E-state index in [9.17, 15) is 9.59 Å². The van der Waals surface area contributed by atoms with E-state index in [-0.39, 0.29) is 12.2 Å². The van der Waals surface area contributed by atoms with Crippen molar-refractivity contribution in [3.63, 3.8) is 0 Å². The number of anilines is 1. The third-order valence-electron chi connectivity index (χ3n) is 1.79. The van der Waals surface area contributed by atoms with Crippen LogP contribution in [0.1, 0.15) is 5.69 Å². The van der Waals surface area contributed by atoms with Gasteiger partial charge in [-0.1, -0.05) is 0 Å². The Balaban J connectivity index is 2.48. The van der Waals surface area contributed by atoms with E-state index in [1.165, 1.54) is 6.20 Å². The number of nitrogens with one attached hydrogen (secondary N) is 2. The number of carboxylic acid groups (broad SMARTS) is 1. The molecule has 0 saturated carbocycles. The average Bonchev–Trinajstić information content (AvgIpc) is 2.34. The molecule has 0 aliphatic carbocycles. The lowest BCUT2D eigenvalue weighted by Crippen LogP contribution is -2.33. The molecule has 1 heterocycles. The van der Waals surface area contributed by atoms with Gasteiger partial charge in [0.25, 0.3) is 0 Å². The maximum Gasteiger partial charge on any atom is 0.322 e. The van der Waals surface area contributed by atoms with Crippen LogP contribution < -0.4 is 10.6 Å². The van der Waals surface area contributed by atoms with Crippen molar-refractivity contribution in [2.45, 2.75) is 0 Å². The number of nitriles is 1. The topological polar surface area (TPSA) is 115 Å². The quantitative estimate of drug-likeness (QED) is 0.636. The molecule has 0 bridgehead atoms. The van der Waals surface area contributed by atoms with E-state index >= 15 is 0 Å². The number of hydrogen-bond acceptors (Lipinski definition) is 5. The predicted octanol–water partition coefficient (Wildman–Crippen LogP) is -0.434. The molecule has 1 aromatic heterocycles. The van der Waals surface area contributed by atoms with Crippen LogP contribution in [0.15, 0.2) is 18.3 Å². The molecule has 1 amide bonds. The molecule has 0 saturated heterocycles. The molecule has 1 aromatic rings. The van der Waals surface area contributed by atoms with Crippen molar-refractivity contribution in [3.05, 3.63) is 24.0 Å². The first kappa shape index (κ1) is 12.4. The van der Waals surface area contributed by atoms with Crippen molar-refractivity contribution >= 4 is 17.6 Å². The second-order valence-electron chi connectivity index (χ2n) is 3.04. The van der Waals surface area contributed by atoms with Crippen LogP contribution in [0.25, 0.3) is 0 Å². The van der Waals surface area contributed by atoms with E-state index in [0.29, 0.717) is 5.69 Å². The largest absolute Gasteiger partial charge is 0.480 e. The molecule has 0 aliphatic rings. The van der Waals surface area contributed by atoms with Crippen LogP contribution in [0.3, 0.4) is 0 Å². The normalized spacial score (nSPS) is 9.12. The van der Waals surface area contributed by atoms with Crippen molar-refractivity contribution in [2.75, 3.05) is 18.4 Å². The van der Waals surface area contributed by atoms with Crippen LogP contribution in [0.2, 0.25) is 0 Å². The summed E-state index contributed by atoms with van der Waals surface area (Å²) in [7, 11) is 0. The summed E-state index contributed by atoms with van der Waals surface area (Å²) < 4.78 is 0. The van der Waals surface area contributed by atoms with Crippen molar-refractivity contribution in [2.24, 2.45) is 0 Å². The zero-order valence-electron chi connectivity index (χ0n) is 8.80. The average molecular weight is 234 g/mol. The van der Waals surface area contributed by atoms with Crippen molar-refractivity contribution in [1.82, 2.24) is 10.3 Å². The SMILES string of the molecule is N#Cc1ncccc1NCC(=O)NCC(=O)O. The summed E-state index contributed by atoms with van der Waals surface area (Å²) in [6.45, 7) is -0.549. The molecule has 0 unspecified atom stereocenters. The van der Waals surface area contributed by atoms with Gasteiger partial charge in [0.1, 0.15) is 12.6 Å². The first-order chi connectivity index (χ1) is 8.13. The molecule has 0 radical (unpaired) electrons. The summed E-state index contributed by atoms with van der Waals surface area (Å²) in [6, 6.07) is 5.10. The van der Waals surface area contributed by atoms with E-state index in [2.05, 4.69) is 15.6 Å². The molecule has 0 fully saturated rings. The molecule has 1 rings (SSSR count). The number of aliphatic carboxylic acids is 1. The molecular formula is C10H10N4O3. The second kappa shape index (κ2) is 6.07. The summed E-state index contributed by atoms with van der Waals surface area (Å²) >= 11 is 0. The number of carboxylic acids is 1. The first-order valence-electron chi connectivity index (χ1n) is 4.71. The minimum Gasteiger partial charge on any atom is -0.480 e. The summed E-state index contributed by atoms with van der Waals surface area (Å²) in [5, 5.41) is 22.0. The Labute approximate surface area is 97.1 Å². The van der Waals surface area contributed by atoms with Gasteiger partial charge in [-0.25, -0.2) is 4.98 Å². The van der Waals surface area contributed by atoms with Gasteiger partial charge in [-0.2, -0.15) is 5.26 Å². The van der Waals surface area contributed by atoms with Gasteiger partial charge in [0.2, 0.25) is 5.91 Å². The van der Waals surface area contributed by atoms with Crippen LogP contribution in [-0.4, -0.2) is 35.1 Å². The molecule has 88 valence electrons. The number of nitrogens with zero attached hydrogens (tertiary/aromatic N) is 2. The number of carbonyl (C=O) groups excluding carboxylic acids is 1. The minimum absolute atomic E-state index is 0.117. The highest BCUT2D eigenvalue weighted by molar-refractivity contribution is 5.84. The summed E-state index contributed by atoms with van der Waals surface area (Å²) in [5.41, 5.74) is 0.610. The molecule has 7 heteroatoms. The van der Waals surface area contributed by atoms with E-state index in [1.807, 2.05) is 6.07 Å². The van der Waals surface area contributed by atoms with Crippen LogP contribution in [0, 0.1) is 11.3 Å². The number of carbonyl (C=O) groups is 2. The molecule has 7 nitrogen and oxygen atoms in total. The van der Waals surface area contributed by atoms with Gasteiger partial charge < -0.3 is 15.7 Å². The van der Waals surface area contributed by atoms with Crippen molar-refractivity contribution in [3.8, 4) is 6.07 Å². The van der Waals surface area contributed by atoms with Gasteiger partial charge in [0, 0.05) is 6.20 Å². The van der Waals surface area contributed by atoms with Gasteiger partial charge in [0.15, 0.2) is 5.69 Å². The first-order valence-corrected chi connectivity index (χ1v) is 4.71. The number of amides is 1. The maximum atomic E-state index is 11.2. The van der Waals surface area contributed by atoms with Crippen molar-refractivity contribution in [1.29, 1.82) is 5.26 Å². The van der Waals surface area contributed by atoms with Gasteiger partial charge in [-0.3, -0.25) is 9.59 Å². The third-order valence-corrected chi connectivity index (χ3v) is 1.79. The smallest absolute Gasteiger partial charge is 0.322 e. The molecule has 3 N–H and O–H groups in total. The lowest BCUT2D eigenvalue weighted by atomic mass is 10.3. The highest BCUT2D eigenvalue weighted by Gasteiger charge is 2.06. The molecule has 0 spiro atoms. The van der Waals surface area contributed by atoms with Gasteiger partial charge in [-0.05, 0) is 12.1 Å². The fraction of sp³-hybridized carbons (Fsp3) is 0.200. The van der Waals surface area contributed by atoms with Crippen LogP contribution >= 0.6 is 0 Å².